The zero-order valence-electron chi connectivity index (χ0n) is 16.2. The minimum Gasteiger partial charge on any atom is -0.289 e. The van der Waals surface area contributed by atoms with Crippen LogP contribution in [0.5, 0.6) is 0 Å². The Morgan fingerprint density at radius 1 is 0.962 bits per heavy atom. The van der Waals surface area contributed by atoms with Gasteiger partial charge in [0.1, 0.15) is 7.80 Å². The van der Waals surface area contributed by atoms with E-state index in [-0.39, 0.29) is 11.2 Å². The van der Waals surface area contributed by atoms with Crippen LogP contribution in [0.3, 0.4) is 0 Å². The molecule has 0 saturated heterocycles. The van der Waals surface area contributed by atoms with Gasteiger partial charge in [0, 0.05) is 22.6 Å². The molecule has 0 aliphatic carbocycles. The van der Waals surface area contributed by atoms with Gasteiger partial charge in [-0.3, -0.25) is 9.36 Å². The van der Waals surface area contributed by atoms with E-state index in [1.807, 2.05) is 50.2 Å². The lowest BCUT2D eigenvalue weighted by molar-refractivity contribution is 0.103. The average Bonchev–Trinajstić information content (AvgIpc) is 2.52. The fourth-order valence-corrected chi connectivity index (χ4v) is 5.71. The molecule has 2 nitrogen and oxygen atoms in total. The number of carbonyl (C=O) groups excluding carboxylic acids is 1. The Morgan fingerprint density at radius 3 is 2.08 bits per heavy atom. The monoisotopic (exact) mass is 389 g/mol. The number of hydrogen-bond donors (Lipinski definition) is 0. The minimum atomic E-state index is -1.77. The second-order valence-corrected chi connectivity index (χ2v) is 10.8. The summed E-state index contributed by atoms with van der Waals surface area (Å²) in [7, 11) is -1.77. The maximum atomic E-state index is 13.1. The largest absolute Gasteiger partial charge is 0.289 e. The van der Waals surface area contributed by atoms with Crippen molar-refractivity contribution in [1.29, 1.82) is 0 Å². The standard InChI is InChI=1S/C22H27ClO2P/c1-16-10-6-7-11-17(16)20(24)18-12-8-9-13-19(18)26(25)15-22(5,23)14-21(2,3)4/h6-13H,14-15H2,1-5H3. The number of halogens is 1. The van der Waals surface area contributed by atoms with Crippen molar-refractivity contribution in [2.75, 3.05) is 6.16 Å². The van der Waals surface area contributed by atoms with Gasteiger partial charge in [0.15, 0.2) is 5.78 Å². The Kier molecular flexibility index (Phi) is 6.42. The Bertz CT molecular complexity index is 819. The molecule has 0 aliphatic heterocycles. The molecule has 2 unspecified atom stereocenters. The molecule has 2 rings (SSSR count). The first kappa shape index (κ1) is 20.8. The zero-order valence-corrected chi connectivity index (χ0v) is 17.8. The lowest BCUT2D eigenvalue weighted by atomic mass is 9.86. The maximum Gasteiger partial charge on any atom is 0.194 e. The van der Waals surface area contributed by atoms with Gasteiger partial charge in [-0.1, -0.05) is 57.2 Å². The highest BCUT2D eigenvalue weighted by Gasteiger charge is 2.31. The van der Waals surface area contributed by atoms with Crippen LogP contribution in [0.15, 0.2) is 48.5 Å². The van der Waals surface area contributed by atoms with Gasteiger partial charge in [0.2, 0.25) is 0 Å². The van der Waals surface area contributed by atoms with E-state index in [1.54, 1.807) is 12.1 Å². The highest BCUT2D eigenvalue weighted by Crippen LogP contribution is 2.39. The van der Waals surface area contributed by atoms with Crippen LogP contribution in [0.4, 0.5) is 0 Å². The van der Waals surface area contributed by atoms with E-state index >= 15 is 0 Å². The Balaban J connectivity index is 2.33. The van der Waals surface area contributed by atoms with Gasteiger partial charge in [-0.05, 0) is 43.4 Å². The normalized spacial score (nSPS) is 14.6. The average molecular weight is 390 g/mol. The molecule has 139 valence electrons. The summed E-state index contributed by atoms with van der Waals surface area (Å²) in [5.74, 6) is -0.0888. The Hall–Kier alpha value is -1.50. The smallest absolute Gasteiger partial charge is 0.194 e. The molecule has 0 bridgehead atoms. The van der Waals surface area contributed by atoms with Crippen molar-refractivity contribution in [1.82, 2.24) is 0 Å². The quantitative estimate of drug-likeness (QED) is 0.339. The van der Waals surface area contributed by atoms with Crippen LogP contribution in [-0.4, -0.2) is 16.8 Å². The molecular weight excluding hydrogens is 363 g/mol. The number of hydrogen-bond acceptors (Lipinski definition) is 2. The van der Waals surface area contributed by atoms with E-state index in [0.717, 1.165) is 12.0 Å². The summed E-state index contributed by atoms with van der Waals surface area (Å²) in [5.41, 5.74) is 2.11. The molecule has 0 aliphatic rings. The fraction of sp³-hybridized carbons (Fsp3) is 0.409. The van der Waals surface area contributed by atoms with Crippen LogP contribution in [0, 0.1) is 12.3 Å². The van der Waals surface area contributed by atoms with Crippen molar-refractivity contribution in [3.8, 4) is 0 Å². The second-order valence-electron chi connectivity index (χ2n) is 8.35. The van der Waals surface area contributed by atoms with E-state index in [1.165, 1.54) is 0 Å². The molecule has 0 saturated carbocycles. The second kappa shape index (κ2) is 8.03. The molecule has 0 heterocycles. The summed E-state index contributed by atoms with van der Waals surface area (Å²) in [6.07, 6.45) is 1.09. The molecule has 0 aromatic heterocycles. The third-order valence-corrected chi connectivity index (χ3v) is 6.55. The van der Waals surface area contributed by atoms with Crippen molar-refractivity contribution in [2.45, 2.75) is 45.9 Å². The molecule has 0 fully saturated rings. The summed E-state index contributed by atoms with van der Waals surface area (Å²) >= 11 is 6.67. The first-order valence-corrected chi connectivity index (χ1v) is 10.7. The summed E-state index contributed by atoms with van der Waals surface area (Å²) in [6.45, 7) is 10.2. The van der Waals surface area contributed by atoms with Gasteiger partial charge >= 0.3 is 0 Å². The van der Waals surface area contributed by atoms with Crippen molar-refractivity contribution < 1.29 is 9.36 Å². The number of carbonyl (C=O) groups is 1. The van der Waals surface area contributed by atoms with Crippen LogP contribution in [0.2, 0.25) is 0 Å². The summed E-state index contributed by atoms with van der Waals surface area (Å²) < 4.78 is 13.1. The van der Waals surface area contributed by atoms with Gasteiger partial charge in [-0.2, -0.15) is 0 Å². The van der Waals surface area contributed by atoms with Crippen LogP contribution in [-0.2, 0) is 4.57 Å². The molecule has 2 atom stereocenters. The van der Waals surface area contributed by atoms with Crippen molar-refractivity contribution >= 4 is 30.5 Å². The lowest BCUT2D eigenvalue weighted by Gasteiger charge is -2.30. The zero-order chi connectivity index (χ0) is 19.5. The molecule has 4 heteroatoms. The van der Waals surface area contributed by atoms with Crippen molar-refractivity contribution in [2.24, 2.45) is 5.41 Å². The topological polar surface area (TPSA) is 34.1 Å². The first-order chi connectivity index (χ1) is 12.0. The highest BCUT2D eigenvalue weighted by molar-refractivity contribution is 7.54. The molecule has 2 aromatic rings. The lowest BCUT2D eigenvalue weighted by Crippen LogP contribution is -2.28. The van der Waals surface area contributed by atoms with Crippen molar-refractivity contribution in [3.63, 3.8) is 0 Å². The van der Waals surface area contributed by atoms with Gasteiger partial charge in [0.05, 0.1) is 4.87 Å². The highest BCUT2D eigenvalue weighted by atomic mass is 35.5. The van der Waals surface area contributed by atoms with E-state index < -0.39 is 12.7 Å². The molecule has 0 amide bonds. The number of benzene rings is 2. The minimum absolute atomic E-state index is 0.0448. The summed E-state index contributed by atoms with van der Waals surface area (Å²) in [4.78, 5) is 12.4. The Morgan fingerprint density at radius 2 is 1.50 bits per heavy atom. The molecule has 1 radical (unpaired) electrons. The molecule has 0 spiro atoms. The van der Waals surface area contributed by atoms with Crippen molar-refractivity contribution in [3.05, 3.63) is 65.2 Å². The molecular formula is C22H27ClO2P. The Labute approximate surface area is 162 Å². The SMILES string of the molecule is Cc1ccccc1C(=O)c1ccccc1[P](=O)CC(C)(Cl)CC(C)(C)C. The third kappa shape index (κ3) is 5.50. The van der Waals surface area contributed by atoms with E-state index in [4.69, 9.17) is 11.6 Å². The molecule has 26 heavy (non-hydrogen) atoms. The third-order valence-electron chi connectivity index (χ3n) is 4.18. The fourth-order valence-electron chi connectivity index (χ4n) is 3.40. The van der Waals surface area contributed by atoms with Crippen LogP contribution >= 0.6 is 19.4 Å². The predicted octanol–water partition coefficient (Wildman–Crippen LogP) is 6.11. The van der Waals surface area contributed by atoms with E-state index in [0.29, 0.717) is 22.6 Å². The summed E-state index contributed by atoms with van der Waals surface area (Å²) in [5, 5.41) is 0.594. The van der Waals surface area contributed by atoms with Crippen LogP contribution in [0.1, 0.15) is 55.6 Å². The number of alkyl halides is 1. The van der Waals surface area contributed by atoms with Gasteiger partial charge in [0.25, 0.3) is 0 Å². The van der Waals surface area contributed by atoms with E-state index in [9.17, 15) is 9.36 Å². The van der Waals surface area contributed by atoms with Gasteiger partial charge in [-0.25, -0.2) is 0 Å². The van der Waals surface area contributed by atoms with Gasteiger partial charge < -0.3 is 0 Å². The predicted molar refractivity (Wildman–Crippen MR) is 111 cm³/mol. The van der Waals surface area contributed by atoms with E-state index in [2.05, 4.69) is 20.8 Å². The number of rotatable bonds is 6. The van der Waals surface area contributed by atoms with Crippen LogP contribution in [0.25, 0.3) is 0 Å². The number of ketones is 1. The number of aryl methyl sites for hydroxylation is 1. The maximum absolute atomic E-state index is 13.1. The first-order valence-electron chi connectivity index (χ1n) is 8.83. The molecule has 2 aromatic carbocycles. The summed E-state index contributed by atoms with van der Waals surface area (Å²) in [6, 6.07) is 14.7. The van der Waals surface area contributed by atoms with Crippen LogP contribution < -0.4 is 5.30 Å². The molecule has 0 N–H and O–H groups in total. The van der Waals surface area contributed by atoms with Gasteiger partial charge in [-0.15, -0.1) is 11.6 Å².